The highest BCUT2D eigenvalue weighted by Gasteiger charge is 2.13. The van der Waals surface area contributed by atoms with Crippen molar-refractivity contribution in [2.75, 3.05) is 58.3 Å². The van der Waals surface area contributed by atoms with Crippen molar-refractivity contribution >= 4 is 5.69 Å². The third-order valence-electron chi connectivity index (χ3n) is 3.78. The molecule has 1 saturated heterocycles. The summed E-state index contributed by atoms with van der Waals surface area (Å²) in [5.41, 5.74) is 1.89. The van der Waals surface area contributed by atoms with E-state index in [9.17, 15) is 0 Å². The molecule has 4 nitrogen and oxygen atoms in total. The van der Waals surface area contributed by atoms with E-state index >= 15 is 0 Å². The first-order valence-electron chi connectivity index (χ1n) is 6.81. The first kappa shape index (κ1) is 13.9. The molecule has 0 amide bonds. The van der Waals surface area contributed by atoms with Crippen molar-refractivity contribution in [2.45, 2.75) is 0 Å². The minimum Gasteiger partial charge on any atom is -0.373 e. The summed E-state index contributed by atoms with van der Waals surface area (Å²) in [4.78, 5) is 7.14. The molecule has 0 bridgehead atoms. The number of benzene rings is 1. The third kappa shape index (κ3) is 3.95. The average molecular weight is 258 g/mol. The number of rotatable bonds is 4. The van der Waals surface area contributed by atoms with Crippen LogP contribution >= 0.6 is 0 Å². The summed E-state index contributed by atoms with van der Waals surface area (Å²) in [5.74, 6) is 0. The molecule has 102 valence electrons. The number of hydrogen-bond acceptors (Lipinski definition) is 4. The van der Waals surface area contributed by atoms with Crippen molar-refractivity contribution < 1.29 is 0 Å². The van der Waals surface area contributed by atoms with Crippen LogP contribution in [-0.4, -0.2) is 63.2 Å². The summed E-state index contributed by atoms with van der Waals surface area (Å²) in [7, 11) is 4.29. The van der Waals surface area contributed by atoms with E-state index in [1.807, 2.05) is 24.3 Å². The number of nitriles is 1. The molecule has 1 fully saturated rings. The SMILES string of the molecule is CN1CCN(CCN(C)c2ccc(C#N)cc2)CC1. The van der Waals surface area contributed by atoms with Crippen molar-refractivity contribution in [3.8, 4) is 6.07 Å². The zero-order chi connectivity index (χ0) is 13.7. The minimum absolute atomic E-state index is 0.719. The van der Waals surface area contributed by atoms with Crippen LogP contribution in [0.5, 0.6) is 0 Å². The smallest absolute Gasteiger partial charge is 0.0991 e. The van der Waals surface area contributed by atoms with Crippen LogP contribution in [0.3, 0.4) is 0 Å². The van der Waals surface area contributed by atoms with E-state index < -0.39 is 0 Å². The molecule has 0 aromatic heterocycles. The molecule has 4 heteroatoms. The van der Waals surface area contributed by atoms with Gasteiger partial charge in [-0.15, -0.1) is 0 Å². The maximum Gasteiger partial charge on any atom is 0.0991 e. The van der Waals surface area contributed by atoms with E-state index in [2.05, 4.69) is 34.9 Å². The van der Waals surface area contributed by atoms with Crippen LogP contribution in [-0.2, 0) is 0 Å². The highest BCUT2D eigenvalue weighted by Crippen LogP contribution is 2.13. The molecule has 19 heavy (non-hydrogen) atoms. The summed E-state index contributed by atoms with van der Waals surface area (Å²) >= 11 is 0. The fraction of sp³-hybridized carbons (Fsp3) is 0.533. The molecule has 2 rings (SSSR count). The Morgan fingerprint density at radius 2 is 1.79 bits per heavy atom. The van der Waals surface area contributed by atoms with Crippen LogP contribution in [0.2, 0.25) is 0 Å². The molecule has 1 aromatic carbocycles. The average Bonchev–Trinajstić information content (AvgIpc) is 2.46. The predicted octanol–water partition coefficient (Wildman–Crippen LogP) is 1.24. The zero-order valence-electron chi connectivity index (χ0n) is 11.8. The van der Waals surface area contributed by atoms with Crippen LogP contribution in [0, 0.1) is 11.3 Å². The lowest BCUT2D eigenvalue weighted by Crippen LogP contribution is -2.46. The first-order valence-corrected chi connectivity index (χ1v) is 6.81. The van der Waals surface area contributed by atoms with Gasteiger partial charge in [0.05, 0.1) is 11.6 Å². The van der Waals surface area contributed by atoms with E-state index in [4.69, 9.17) is 5.26 Å². The highest BCUT2D eigenvalue weighted by atomic mass is 15.3. The molecular weight excluding hydrogens is 236 g/mol. The van der Waals surface area contributed by atoms with Crippen molar-refractivity contribution in [3.63, 3.8) is 0 Å². The Labute approximate surface area is 115 Å². The van der Waals surface area contributed by atoms with Gasteiger partial charge in [0, 0.05) is 52.0 Å². The summed E-state index contributed by atoms with van der Waals surface area (Å²) in [6, 6.07) is 9.94. The standard InChI is InChI=1S/C15H22N4/c1-17-7-10-19(11-8-17)12-9-18(2)15-5-3-14(13-16)4-6-15/h3-6H,7-12H2,1-2H3. The molecular formula is C15H22N4. The fourth-order valence-electron chi connectivity index (χ4n) is 2.28. The molecule has 1 aromatic rings. The molecule has 1 aliphatic heterocycles. The Kier molecular flexibility index (Phi) is 4.78. The quantitative estimate of drug-likeness (QED) is 0.813. The second-order valence-electron chi connectivity index (χ2n) is 5.23. The lowest BCUT2D eigenvalue weighted by Gasteiger charge is -2.33. The summed E-state index contributed by atoms with van der Waals surface area (Å²) < 4.78 is 0. The van der Waals surface area contributed by atoms with Gasteiger partial charge in [-0.05, 0) is 31.3 Å². The van der Waals surface area contributed by atoms with Gasteiger partial charge in [0.1, 0.15) is 0 Å². The normalized spacial score (nSPS) is 17.1. The third-order valence-corrected chi connectivity index (χ3v) is 3.78. The van der Waals surface area contributed by atoms with Crippen molar-refractivity contribution in [1.29, 1.82) is 5.26 Å². The van der Waals surface area contributed by atoms with Crippen LogP contribution < -0.4 is 4.90 Å². The fourth-order valence-corrected chi connectivity index (χ4v) is 2.28. The number of likely N-dealkylation sites (N-methyl/N-ethyl adjacent to an activating group) is 2. The maximum absolute atomic E-state index is 8.79. The molecule has 0 unspecified atom stereocenters. The maximum atomic E-state index is 8.79. The largest absolute Gasteiger partial charge is 0.373 e. The molecule has 1 aliphatic rings. The Morgan fingerprint density at radius 3 is 2.37 bits per heavy atom. The van der Waals surface area contributed by atoms with Gasteiger partial charge in [-0.2, -0.15) is 5.26 Å². The topological polar surface area (TPSA) is 33.5 Å². The van der Waals surface area contributed by atoms with Gasteiger partial charge in [0.25, 0.3) is 0 Å². The Morgan fingerprint density at radius 1 is 1.16 bits per heavy atom. The van der Waals surface area contributed by atoms with Crippen LogP contribution in [0.15, 0.2) is 24.3 Å². The van der Waals surface area contributed by atoms with Crippen molar-refractivity contribution in [2.24, 2.45) is 0 Å². The summed E-state index contributed by atoms with van der Waals surface area (Å²) in [6.45, 7) is 6.79. The Balaban J connectivity index is 1.80. The Bertz CT molecular complexity index is 426. The van der Waals surface area contributed by atoms with Crippen molar-refractivity contribution in [3.05, 3.63) is 29.8 Å². The van der Waals surface area contributed by atoms with Crippen LogP contribution in [0.4, 0.5) is 5.69 Å². The molecule has 1 heterocycles. The first-order chi connectivity index (χ1) is 9.19. The second kappa shape index (κ2) is 6.55. The number of hydrogen-bond donors (Lipinski definition) is 0. The summed E-state index contributed by atoms with van der Waals surface area (Å²) in [6.07, 6.45) is 0. The minimum atomic E-state index is 0.719. The van der Waals surface area contributed by atoms with Crippen LogP contribution in [0.1, 0.15) is 5.56 Å². The number of nitrogens with zero attached hydrogens (tertiary/aromatic N) is 4. The van der Waals surface area contributed by atoms with Gasteiger partial charge in [-0.1, -0.05) is 0 Å². The van der Waals surface area contributed by atoms with E-state index in [1.54, 1.807) is 0 Å². The van der Waals surface area contributed by atoms with Gasteiger partial charge in [0.15, 0.2) is 0 Å². The van der Waals surface area contributed by atoms with Gasteiger partial charge in [0.2, 0.25) is 0 Å². The van der Waals surface area contributed by atoms with Crippen molar-refractivity contribution in [1.82, 2.24) is 9.80 Å². The predicted molar refractivity (Wildman–Crippen MR) is 78.4 cm³/mol. The Hall–Kier alpha value is -1.57. The van der Waals surface area contributed by atoms with Gasteiger partial charge >= 0.3 is 0 Å². The molecule has 0 atom stereocenters. The van der Waals surface area contributed by atoms with E-state index in [-0.39, 0.29) is 0 Å². The van der Waals surface area contributed by atoms with E-state index in [0.717, 1.165) is 31.7 Å². The highest BCUT2D eigenvalue weighted by molar-refractivity contribution is 5.48. The monoisotopic (exact) mass is 258 g/mol. The molecule has 0 N–H and O–H groups in total. The van der Waals surface area contributed by atoms with E-state index in [0.29, 0.717) is 0 Å². The second-order valence-corrected chi connectivity index (χ2v) is 5.23. The molecule has 0 radical (unpaired) electrons. The van der Waals surface area contributed by atoms with Crippen LogP contribution in [0.25, 0.3) is 0 Å². The van der Waals surface area contributed by atoms with Gasteiger partial charge in [-0.25, -0.2) is 0 Å². The summed E-state index contributed by atoms with van der Waals surface area (Å²) in [5, 5.41) is 8.79. The lowest BCUT2D eigenvalue weighted by atomic mass is 10.2. The molecule has 0 saturated carbocycles. The molecule has 0 aliphatic carbocycles. The van der Waals surface area contributed by atoms with Gasteiger partial charge in [-0.3, -0.25) is 4.90 Å². The molecule has 0 spiro atoms. The van der Waals surface area contributed by atoms with E-state index in [1.165, 1.54) is 18.8 Å². The number of piperazine rings is 1. The number of anilines is 1. The lowest BCUT2D eigenvalue weighted by molar-refractivity contribution is 0.157. The zero-order valence-corrected chi connectivity index (χ0v) is 11.8. The van der Waals surface area contributed by atoms with Gasteiger partial charge < -0.3 is 9.80 Å².